The van der Waals surface area contributed by atoms with E-state index in [1.54, 1.807) is 29.2 Å². The lowest BCUT2D eigenvalue weighted by atomic mass is 10.5. The molecule has 0 saturated heterocycles. The Morgan fingerprint density at radius 2 is 2.33 bits per heavy atom. The molecular weight excluding hydrogens is 208 g/mol. The van der Waals surface area contributed by atoms with Crippen molar-refractivity contribution in [2.75, 3.05) is 6.26 Å². The van der Waals surface area contributed by atoms with Crippen LogP contribution in [-0.4, -0.2) is 6.26 Å². The molecule has 2 heterocycles. The first kappa shape index (κ1) is 8.29. The summed E-state index contributed by atoms with van der Waals surface area (Å²) in [5, 5.41) is 1.96. The van der Waals surface area contributed by atoms with Gasteiger partial charge in [0.15, 0.2) is 5.43 Å². The number of thiophene rings is 1. The minimum Gasteiger partial charge on any atom is -0.288 e. The van der Waals surface area contributed by atoms with Crippen LogP contribution < -0.4 is 5.43 Å². The summed E-state index contributed by atoms with van der Waals surface area (Å²) in [6, 6.07) is 3.72. The molecule has 1 nitrogen and oxygen atoms in total. The maximum Gasteiger partial charge on any atom is 0.199 e. The highest BCUT2D eigenvalue weighted by molar-refractivity contribution is 8.00. The second kappa shape index (κ2) is 3.20. The summed E-state index contributed by atoms with van der Waals surface area (Å²) in [5.74, 6) is 0. The van der Waals surface area contributed by atoms with E-state index in [0.29, 0.717) is 0 Å². The zero-order valence-corrected chi connectivity index (χ0v) is 8.81. The Morgan fingerprint density at radius 3 is 3.08 bits per heavy atom. The number of hydrogen-bond acceptors (Lipinski definition) is 4. The fraction of sp³-hybridized carbons (Fsp3) is 0.125. The van der Waals surface area contributed by atoms with E-state index >= 15 is 0 Å². The standard InChI is InChI=1S/C8H6OS3/c1-10-7-4-5(9)8-6(12-7)2-3-11-8/h2-4H,1H3. The lowest BCUT2D eigenvalue weighted by Gasteiger charge is -1.92. The van der Waals surface area contributed by atoms with Crippen molar-refractivity contribution < 1.29 is 0 Å². The van der Waals surface area contributed by atoms with E-state index < -0.39 is 0 Å². The molecule has 2 aromatic rings. The quantitative estimate of drug-likeness (QED) is 0.679. The normalized spacial score (nSPS) is 10.8. The Hall–Kier alpha value is -0.320. The SMILES string of the molecule is CSc1cc(=O)c2sccc2s1. The molecular formula is C8H6OS3. The Labute approximate surface area is 82.1 Å². The van der Waals surface area contributed by atoms with Crippen LogP contribution in [-0.2, 0) is 0 Å². The van der Waals surface area contributed by atoms with Gasteiger partial charge in [-0.05, 0) is 17.7 Å². The topological polar surface area (TPSA) is 17.1 Å². The molecule has 0 bridgehead atoms. The van der Waals surface area contributed by atoms with Gasteiger partial charge in [0.2, 0.25) is 0 Å². The second-order valence-corrected chi connectivity index (χ2v) is 5.35. The molecule has 0 radical (unpaired) electrons. The second-order valence-electron chi connectivity index (χ2n) is 2.25. The van der Waals surface area contributed by atoms with Gasteiger partial charge in [0.25, 0.3) is 0 Å². The molecule has 2 aromatic heterocycles. The van der Waals surface area contributed by atoms with Gasteiger partial charge in [-0.15, -0.1) is 34.4 Å². The molecule has 0 fully saturated rings. The van der Waals surface area contributed by atoms with E-state index in [1.165, 1.54) is 11.3 Å². The Balaban J connectivity index is 2.84. The third-order valence-corrected chi connectivity index (χ3v) is 4.72. The summed E-state index contributed by atoms with van der Waals surface area (Å²) in [7, 11) is 0. The number of hydrogen-bond donors (Lipinski definition) is 0. The zero-order valence-electron chi connectivity index (χ0n) is 6.37. The molecule has 0 aliphatic carbocycles. The first-order chi connectivity index (χ1) is 5.81. The van der Waals surface area contributed by atoms with Gasteiger partial charge in [0, 0.05) is 6.07 Å². The van der Waals surface area contributed by atoms with Crippen molar-refractivity contribution in [3.8, 4) is 0 Å². The molecule has 0 aliphatic rings. The zero-order chi connectivity index (χ0) is 8.55. The third kappa shape index (κ3) is 1.30. The lowest BCUT2D eigenvalue weighted by Crippen LogP contribution is -1.94. The molecule has 0 atom stereocenters. The summed E-state index contributed by atoms with van der Waals surface area (Å²) < 4.78 is 3.08. The van der Waals surface area contributed by atoms with Gasteiger partial charge in [0.1, 0.15) is 0 Å². The minimum atomic E-state index is 0.156. The largest absolute Gasteiger partial charge is 0.288 e. The summed E-state index contributed by atoms with van der Waals surface area (Å²) in [6.45, 7) is 0. The van der Waals surface area contributed by atoms with Crippen molar-refractivity contribution in [1.82, 2.24) is 0 Å². The fourth-order valence-corrected chi connectivity index (χ4v) is 3.56. The lowest BCUT2D eigenvalue weighted by molar-refractivity contribution is 1.63. The Kier molecular flexibility index (Phi) is 2.21. The van der Waals surface area contributed by atoms with Crippen molar-refractivity contribution in [3.05, 3.63) is 27.7 Å². The Bertz CT molecular complexity index is 455. The van der Waals surface area contributed by atoms with Crippen molar-refractivity contribution in [3.63, 3.8) is 0 Å². The van der Waals surface area contributed by atoms with Crippen LogP contribution in [0.2, 0.25) is 0 Å². The van der Waals surface area contributed by atoms with Gasteiger partial charge in [-0.3, -0.25) is 4.79 Å². The smallest absolute Gasteiger partial charge is 0.199 e. The van der Waals surface area contributed by atoms with E-state index in [1.807, 2.05) is 17.7 Å². The van der Waals surface area contributed by atoms with Crippen LogP contribution in [0.1, 0.15) is 0 Å². The van der Waals surface area contributed by atoms with Crippen LogP contribution >= 0.6 is 34.4 Å². The summed E-state index contributed by atoms with van der Waals surface area (Å²) in [5.41, 5.74) is 0.156. The van der Waals surface area contributed by atoms with Crippen LogP contribution in [0.25, 0.3) is 9.40 Å². The number of thioether (sulfide) groups is 1. The van der Waals surface area contributed by atoms with Crippen molar-refractivity contribution >= 4 is 43.8 Å². The molecule has 2 rings (SSSR count). The molecule has 0 amide bonds. The number of fused-ring (bicyclic) bond motifs is 1. The van der Waals surface area contributed by atoms with E-state index in [-0.39, 0.29) is 5.43 Å². The van der Waals surface area contributed by atoms with Crippen LogP contribution in [0.4, 0.5) is 0 Å². The predicted octanol–water partition coefficient (Wildman–Crippen LogP) is 3.04. The molecule has 0 aromatic carbocycles. The highest BCUT2D eigenvalue weighted by atomic mass is 32.2. The maximum atomic E-state index is 11.4. The summed E-state index contributed by atoms with van der Waals surface area (Å²) >= 11 is 4.83. The predicted molar refractivity (Wildman–Crippen MR) is 57.8 cm³/mol. The van der Waals surface area contributed by atoms with E-state index in [0.717, 1.165) is 13.6 Å². The summed E-state index contributed by atoms with van der Waals surface area (Å²) in [4.78, 5) is 11.4. The first-order valence-corrected chi connectivity index (χ1v) is 6.28. The molecule has 0 N–H and O–H groups in total. The molecule has 0 unspecified atom stereocenters. The molecule has 62 valence electrons. The monoisotopic (exact) mass is 214 g/mol. The van der Waals surface area contributed by atoms with Crippen LogP contribution in [0.3, 0.4) is 0 Å². The highest BCUT2D eigenvalue weighted by Gasteiger charge is 2.02. The average Bonchev–Trinajstić information content (AvgIpc) is 2.52. The van der Waals surface area contributed by atoms with Crippen LogP contribution in [0.5, 0.6) is 0 Å². The molecule has 0 aliphatic heterocycles. The van der Waals surface area contributed by atoms with E-state index in [4.69, 9.17) is 0 Å². The van der Waals surface area contributed by atoms with Gasteiger partial charge in [-0.25, -0.2) is 0 Å². The van der Waals surface area contributed by atoms with Crippen LogP contribution in [0.15, 0.2) is 26.5 Å². The highest BCUT2D eigenvalue weighted by Crippen LogP contribution is 2.27. The number of rotatable bonds is 1. The van der Waals surface area contributed by atoms with Gasteiger partial charge in [-0.1, -0.05) is 0 Å². The third-order valence-electron chi connectivity index (χ3n) is 1.51. The van der Waals surface area contributed by atoms with Gasteiger partial charge >= 0.3 is 0 Å². The van der Waals surface area contributed by atoms with Gasteiger partial charge in [-0.2, -0.15) is 0 Å². The molecule has 0 saturated carbocycles. The first-order valence-electron chi connectivity index (χ1n) is 3.36. The van der Waals surface area contributed by atoms with Crippen molar-refractivity contribution in [1.29, 1.82) is 0 Å². The van der Waals surface area contributed by atoms with E-state index in [2.05, 4.69) is 0 Å². The average molecular weight is 214 g/mol. The minimum absolute atomic E-state index is 0.156. The molecule has 12 heavy (non-hydrogen) atoms. The molecule has 0 spiro atoms. The fourth-order valence-electron chi connectivity index (χ4n) is 0.969. The van der Waals surface area contributed by atoms with Crippen molar-refractivity contribution in [2.45, 2.75) is 4.21 Å². The van der Waals surface area contributed by atoms with Crippen LogP contribution in [0, 0.1) is 0 Å². The van der Waals surface area contributed by atoms with Gasteiger partial charge in [0.05, 0.1) is 13.6 Å². The summed E-state index contributed by atoms with van der Waals surface area (Å²) in [6.07, 6.45) is 1.99. The maximum absolute atomic E-state index is 11.4. The van der Waals surface area contributed by atoms with E-state index in [9.17, 15) is 4.79 Å². The van der Waals surface area contributed by atoms with Crippen molar-refractivity contribution in [2.24, 2.45) is 0 Å². The molecule has 4 heteroatoms. The Morgan fingerprint density at radius 1 is 1.50 bits per heavy atom. The van der Waals surface area contributed by atoms with Gasteiger partial charge < -0.3 is 0 Å².